The molecule has 0 saturated carbocycles. The van der Waals surface area contributed by atoms with E-state index in [4.69, 9.17) is 10.5 Å². The molecular formula is C8H10ClF2NO. The summed E-state index contributed by atoms with van der Waals surface area (Å²) in [6, 6.07) is 4.16. The van der Waals surface area contributed by atoms with Crippen LogP contribution in [0.25, 0.3) is 0 Å². The Morgan fingerprint density at radius 2 is 2.00 bits per heavy atom. The first-order chi connectivity index (χ1) is 5.65. The Hall–Kier alpha value is -1.03. The number of nitrogens with two attached hydrogens (primary N) is 1. The average molecular weight is 210 g/mol. The van der Waals surface area contributed by atoms with Gasteiger partial charge in [-0.25, -0.2) is 8.78 Å². The van der Waals surface area contributed by atoms with E-state index in [1.54, 1.807) is 0 Å². The van der Waals surface area contributed by atoms with Gasteiger partial charge in [-0.2, -0.15) is 0 Å². The summed E-state index contributed by atoms with van der Waals surface area (Å²) in [7, 11) is 1.34. The zero-order valence-electron chi connectivity index (χ0n) is 6.96. The minimum atomic E-state index is -2.55. The lowest BCUT2D eigenvalue weighted by Crippen LogP contribution is -1.94. The molecular weight excluding hydrogens is 200 g/mol. The third kappa shape index (κ3) is 2.73. The topological polar surface area (TPSA) is 35.2 Å². The van der Waals surface area contributed by atoms with Crippen LogP contribution in [0.15, 0.2) is 18.2 Å². The summed E-state index contributed by atoms with van der Waals surface area (Å²) in [6.45, 7) is 0. The van der Waals surface area contributed by atoms with Gasteiger partial charge in [-0.3, -0.25) is 0 Å². The predicted octanol–water partition coefficient (Wildman–Crippen LogP) is 2.64. The van der Waals surface area contributed by atoms with E-state index in [0.29, 0.717) is 5.69 Å². The van der Waals surface area contributed by atoms with Gasteiger partial charge in [-0.05, 0) is 18.2 Å². The van der Waals surface area contributed by atoms with Crippen molar-refractivity contribution in [3.05, 3.63) is 23.8 Å². The molecule has 5 heteroatoms. The van der Waals surface area contributed by atoms with Crippen molar-refractivity contribution in [2.24, 2.45) is 0 Å². The molecule has 0 spiro atoms. The first kappa shape index (κ1) is 12.0. The van der Waals surface area contributed by atoms with Crippen LogP contribution in [-0.2, 0) is 0 Å². The highest BCUT2D eigenvalue weighted by molar-refractivity contribution is 5.85. The van der Waals surface area contributed by atoms with Crippen molar-refractivity contribution < 1.29 is 13.5 Å². The smallest absolute Gasteiger partial charge is 0.267 e. The Morgan fingerprint density at radius 3 is 2.46 bits per heavy atom. The van der Waals surface area contributed by atoms with Crippen LogP contribution >= 0.6 is 12.4 Å². The fourth-order valence-electron chi connectivity index (χ4n) is 0.923. The SMILES string of the molecule is COc1ccc(N)cc1C(F)F.Cl. The van der Waals surface area contributed by atoms with E-state index in [1.807, 2.05) is 0 Å². The second kappa shape index (κ2) is 4.87. The van der Waals surface area contributed by atoms with Crippen molar-refractivity contribution in [1.82, 2.24) is 0 Å². The summed E-state index contributed by atoms with van der Waals surface area (Å²) >= 11 is 0. The minimum Gasteiger partial charge on any atom is -0.496 e. The van der Waals surface area contributed by atoms with Crippen LogP contribution in [0.4, 0.5) is 14.5 Å². The van der Waals surface area contributed by atoms with Gasteiger partial charge in [0.2, 0.25) is 0 Å². The number of methoxy groups -OCH3 is 1. The quantitative estimate of drug-likeness (QED) is 0.760. The Labute approximate surface area is 81.1 Å². The van der Waals surface area contributed by atoms with Gasteiger partial charge in [0.1, 0.15) is 5.75 Å². The molecule has 1 aromatic rings. The number of benzene rings is 1. The molecule has 0 unspecified atom stereocenters. The van der Waals surface area contributed by atoms with Gasteiger partial charge in [0.15, 0.2) is 0 Å². The van der Waals surface area contributed by atoms with E-state index in [-0.39, 0.29) is 23.7 Å². The lowest BCUT2D eigenvalue weighted by Gasteiger charge is -2.07. The second-order valence-corrected chi connectivity index (χ2v) is 2.30. The third-order valence-corrected chi connectivity index (χ3v) is 1.49. The molecule has 0 fully saturated rings. The lowest BCUT2D eigenvalue weighted by molar-refractivity contribution is 0.147. The van der Waals surface area contributed by atoms with Crippen LogP contribution in [0.3, 0.4) is 0 Å². The normalized spacial score (nSPS) is 9.54. The zero-order valence-corrected chi connectivity index (χ0v) is 7.78. The second-order valence-electron chi connectivity index (χ2n) is 2.30. The van der Waals surface area contributed by atoms with Gasteiger partial charge in [0, 0.05) is 5.69 Å². The van der Waals surface area contributed by atoms with Gasteiger partial charge in [-0.15, -0.1) is 12.4 Å². The monoisotopic (exact) mass is 209 g/mol. The molecule has 13 heavy (non-hydrogen) atoms. The zero-order chi connectivity index (χ0) is 9.14. The number of anilines is 1. The van der Waals surface area contributed by atoms with E-state index in [1.165, 1.54) is 25.3 Å². The van der Waals surface area contributed by atoms with Crippen LogP contribution in [0.5, 0.6) is 5.75 Å². The molecule has 0 radical (unpaired) electrons. The van der Waals surface area contributed by atoms with Crippen molar-refractivity contribution in [1.29, 1.82) is 0 Å². The maximum absolute atomic E-state index is 12.3. The van der Waals surface area contributed by atoms with Crippen LogP contribution in [-0.4, -0.2) is 7.11 Å². The number of alkyl halides is 2. The number of hydrogen-bond donors (Lipinski definition) is 1. The molecule has 74 valence electrons. The van der Waals surface area contributed by atoms with Crippen molar-refractivity contribution in [3.8, 4) is 5.75 Å². The number of halogens is 3. The van der Waals surface area contributed by atoms with Crippen molar-refractivity contribution in [3.63, 3.8) is 0 Å². The van der Waals surface area contributed by atoms with Crippen LogP contribution in [0.2, 0.25) is 0 Å². The number of hydrogen-bond acceptors (Lipinski definition) is 2. The molecule has 2 N–H and O–H groups in total. The van der Waals surface area contributed by atoms with Gasteiger partial charge < -0.3 is 10.5 Å². The van der Waals surface area contributed by atoms with E-state index < -0.39 is 6.43 Å². The van der Waals surface area contributed by atoms with Gasteiger partial charge in [0.25, 0.3) is 6.43 Å². The largest absolute Gasteiger partial charge is 0.496 e. The number of nitrogen functional groups attached to an aromatic ring is 1. The van der Waals surface area contributed by atoms with Crippen molar-refractivity contribution in [2.75, 3.05) is 12.8 Å². The molecule has 0 atom stereocenters. The molecule has 0 aliphatic heterocycles. The first-order valence-electron chi connectivity index (χ1n) is 3.36. The molecule has 0 saturated heterocycles. The highest BCUT2D eigenvalue weighted by Crippen LogP contribution is 2.30. The summed E-state index contributed by atoms with van der Waals surface area (Å²) < 4.78 is 29.2. The highest BCUT2D eigenvalue weighted by Gasteiger charge is 2.13. The first-order valence-corrected chi connectivity index (χ1v) is 3.36. The molecule has 0 aliphatic carbocycles. The summed E-state index contributed by atoms with van der Waals surface area (Å²) in [5.74, 6) is 0.166. The number of rotatable bonds is 2. The van der Waals surface area contributed by atoms with E-state index in [2.05, 4.69) is 0 Å². The molecule has 0 bridgehead atoms. The van der Waals surface area contributed by atoms with Gasteiger partial charge in [-0.1, -0.05) is 0 Å². The van der Waals surface area contributed by atoms with E-state index >= 15 is 0 Å². The Morgan fingerprint density at radius 1 is 1.38 bits per heavy atom. The van der Waals surface area contributed by atoms with Gasteiger partial charge in [0.05, 0.1) is 12.7 Å². The molecule has 0 amide bonds. The summed E-state index contributed by atoms with van der Waals surface area (Å²) in [4.78, 5) is 0. The minimum absolute atomic E-state index is 0. The van der Waals surface area contributed by atoms with E-state index in [0.717, 1.165) is 0 Å². The Balaban J connectivity index is 0.00000144. The molecule has 1 rings (SSSR count). The third-order valence-electron chi connectivity index (χ3n) is 1.49. The molecule has 0 heterocycles. The van der Waals surface area contributed by atoms with Crippen molar-refractivity contribution >= 4 is 18.1 Å². The Bertz CT molecular complexity index is 281. The molecule has 0 aliphatic rings. The summed E-state index contributed by atoms with van der Waals surface area (Å²) in [5.41, 5.74) is 5.47. The van der Waals surface area contributed by atoms with Crippen molar-refractivity contribution in [2.45, 2.75) is 6.43 Å². The van der Waals surface area contributed by atoms with Gasteiger partial charge >= 0.3 is 0 Å². The lowest BCUT2D eigenvalue weighted by atomic mass is 10.2. The standard InChI is InChI=1S/C8H9F2NO.ClH/c1-12-7-3-2-5(11)4-6(7)8(9)10;/h2-4,8H,11H2,1H3;1H. The Kier molecular flexibility index (Phi) is 4.48. The average Bonchev–Trinajstić information content (AvgIpc) is 2.04. The maximum atomic E-state index is 12.3. The summed E-state index contributed by atoms with van der Waals surface area (Å²) in [5, 5.41) is 0. The molecule has 1 aromatic carbocycles. The fraction of sp³-hybridized carbons (Fsp3) is 0.250. The number of ether oxygens (including phenoxy) is 1. The summed E-state index contributed by atoms with van der Waals surface area (Å²) in [6.07, 6.45) is -2.55. The van der Waals surface area contributed by atoms with E-state index in [9.17, 15) is 8.78 Å². The highest BCUT2D eigenvalue weighted by atomic mass is 35.5. The maximum Gasteiger partial charge on any atom is 0.267 e. The molecule has 0 aromatic heterocycles. The van der Waals surface area contributed by atoms with Crippen LogP contribution in [0.1, 0.15) is 12.0 Å². The fourth-order valence-corrected chi connectivity index (χ4v) is 0.923. The van der Waals surface area contributed by atoms with Crippen LogP contribution < -0.4 is 10.5 Å². The molecule has 2 nitrogen and oxygen atoms in total. The van der Waals surface area contributed by atoms with Crippen LogP contribution in [0, 0.1) is 0 Å². The predicted molar refractivity (Wildman–Crippen MR) is 49.6 cm³/mol.